The number of quaternary nitrogens is 1. The van der Waals surface area contributed by atoms with Crippen LogP contribution in [0.4, 0.5) is 0 Å². The summed E-state index contributed by atoms with van der Waals surface area (Å²) < 4.78 is 17.2. The fourth-order valence-corrected chi connectivity index (χ4v) is 6.88. The molecule has 0 aromatic rings. The van der Waals surface area contributed by atoms with E-state index in [-0.39, 0.29) is 42.7 Å². The largest absolute Gasteiger partial charge is 0.544 e. The van der Waals surface area contributed by atoms with E-state index < -0.39 is 18.1 Å². The molecule has 0 rings (SSSR count). The number of ether oxygens (including phenoxy) is 3. The second-order valence-electron chi connectivity index (χ2n) is 17.0. The van der Waals surface area contributed by atoms with Crippen molar-refractivity contribution in [1.82, 2.24) is 0 Å². The van der Waals surface area contributed by atoms with Gasteiger partial charge in [-0.25, -0.2) is 0 Å². The van der Waals surface area contributed by atoms with Crippen molar-refractivity contribution in [2.75, 3.05) is 41.0 Å². The van der Waals surface area contributed by atoms with Gasteiger partial charge in [-0.1, -0.05) is 154 Å². The monoisotopic (exact) mass is 792 g/mol. The zero-order valence-corrected chi connectivity index (χ0v) is 37.3. The van der Waals surface area contributed by atoms with Crippen LogP contribution in [0.3, 0.4) is 0 Å². The molecule has 8 heteroatoms. The van der Waals surface area contributed by atoms with Crippen LogP contribution in [0.25, 0.3) is 0 Å². The lowest BCUT2D eigenvalue weighted by Crippen LogP contribution is -2.55. The Labute approximate surface area is 345 Å². The molecule has 0 heterocycles. The summed E-state index contributed by atoms with van der Waals surface area (Å²) in [5.74, 6) is -1.75. The van der Waals surface area contributed by atoms with Gasteiger partial charge in [0.05, 0.1) is 40.3 Å². The summed E-state index contributed by atoms with van der Waals surface area (Å²) in [7, 11) is 5.41. The Balaban J connectivity index is 4.30. The van der Waals surface area contributed by atoms with Gasteiger partial charge in [0, 0.05) is 19.3 Å². The molecule has 0 aromatic carbocycles. The van der Waals surface area contributed by atoms with E-state index >= 15 is 0 Å². The molecule has 0 fully saturated rings. The number of carboxylic acid groups (broad SMARTS) is 1. The minimum absolute atomic E-state index is 0.0371. The zero-order chi connectivity index (χ0) is 41.4. The number of unbranched alkanes of at least 4 members (excludes halogenated alkanes) is 24. The maximum Gasteiger partial charge on any atom is 0.306 e. The SMILES string of the molecule is CCCCCCCC/C=C/CCCCCC(=O)OCC(COCCC(C(=O)[O-])[N+](C)(C)C)OC(=O)CCCCCCCCC/C=C/CCCCCCCCCC. The number of nitrogens with zero attached hydrogens (tertiary/aromatic N) is 1. The van der Waals surface area contributed by atoms with Crippen LogP contribution in [0, 0.1) is 0 Å². The predicted octanol–water partition coefficient (Wildman–Crippen LogP) is 11.5. The highest BCUT2D eigenvalue weighted by molar-refractivity contribution is 5.70. The molecule has 328 valence electrons. The molecule has 0 aliphatic heterocycles. The predicted molar refractivity (Wildman–Crippen MR) is 231 cm³/mol. The summed E-state index contributed by atoms with van der Waals surface area (Å²) >= 11 is 0. The van der Waals surface area contributed by atoms with Gasteiger partial charge in [-0.3, -0.25) is 9.59 Å². The molecule has 0 N–H and O–H groups in total. The molecular formula is C48H89NO7. The van der Waals surface area contributed by atoms with E-state index in [1.807, 2.05) is 0 Å². The molecule has 0 saturated heterocycles. The maximum absolute atomic E-state index is 12.7. The Bertz CT molecular complexity index is 973. The Morgan fingerprint density at radius 2 is 0.893 bits per heavy atom. The second kappa shape index (κ2) is 39.6. The number of hydrogen-bond acceptors (Lipinski definition) is 7. The van der Waals surface area contributed by atoms with Gasteiger partial charge in [0.1, 0.15) is 12.6 Å². The molecule has 0 amide bonds. The van der Waals surface area contributed by atoms with E-state index in [0.717, 1.165) is 51.4 Å². The van der Waals surface area contributed by atoms with Gasteiger partial charge >= 0.3 is 11.9 Å². The van der Waals surface area contributed by atoms with Gasteiger partial charge in [0.25, 0.3) is 0 Å². The van der Waals surface area contributed by atoms with Crippen molar-refractivity contribution < 1.29 is 38.2 Å². The van der Waals surface area contributed by atoms with Gasteiger partial charge in [-0.15, -0.1) is 0 Å². The molecule has 56 heavy (non-hydrogen) atoms. The molecular weight excluding hydrogens is 703 g/mol. The van der Waals surface area contributed by atoms with Crippen LogP contribution >= 0.6 is 0 Å². The number of hydrogen-bond donors (Lipinski definition) is 0. The third-order valence-corrected chi connectivity index (χ3v) is 10.6. The minimum Gasteiger partial charge on any atom is -0.544 e. The second-order valence-corrected chi connectivity index (χ2v) is 17.0. The number of aliphatic carboxylic acids is 1. The van der Waals surface area contributed by atoms with Gasteiger partial charge in [0.15, 0.2) is 6.10 Å². The maximum atomic E-state index is 12.7. The average Bonchev–Trinajstić information content (AvgIpc) is 3.15. The lowest BCUT2D eigenvalue weighted by atomic mass is 10.1. The van der Waals surface area contributed by atoms with Crippen molar-refractivity contribution in [1.29, 1.82) is 0 Å². The first-order valence-electron chi connectivity index (χ1n) is 23.4. The highest BCUT2D eigenvalue weighted by Gasteiger charge is 2.25. The first-order valence-corrected chi connectivity index (χ1v) is 23.4. The number of carbonyl (C=O) groups excluding carboxylic acids is 3. The lowest BCUT2D eigenvalue weighted by Gasteiger charge is -2.34. The van der Waals surface area contributed by atoms with Crippen LogP contribution in [0.2, 0.25) is 0 Å². The smallest absolute Gasteiger partial charge is 0.306 e. The number of likely N-dealkylation sites (N-methyl/N-ethyl adjacent to an activating group) is 1. The van der Waals surface area contributed by atoms with Crippen LogP contribution < -0.4 is 5.11 Å². The van der Waals surface area contributed by atoms with E-state index in [1.54, 1.807) is 21.1 Å². The van der Waals surface area contributed by atoms with Crippen LogP contribution in [-0.4, -0.2) is 75.5 Å². The number of esters is 2. The normalized spacial score (nSPS) is 13.1. The van der Waals surface area contributed by atoms with Gasteiger partial charge < -0.3 is 28.6 Å². The van der Waals surface area contributed by atoms with Gasteiger partial charge in [-0.05, 0) is 64.2 Å². The van der Waals surface area contributed by atoms with E-state index in [1.165, 1.54) is 128 Å². The van der Waals surface area contributed by atoms with E-state index in [9.17, 15) is 19.5 Å². The van der Waals surface area contributed by atoms with E-state index in [2.05, 4.69) is 38.2 Å². The van der Waals surface area contributed by atoms with E-state index in [4.69, 9.17) is 14.2 Å². The third kappa shape index (κ3) is 37.4. The Kier molecular flexibility index (Phi) is 38.1. The molecule has 0 bridgehead atoms. The first-order chi connectivity index (χ1) is 27.1. The van der Waals surface area contributed by atoms with Crippen LogP contribution in [-0.2, 0) is 28.6 Å². The first kappa shape index (κ1) is 53.8. The van der Waals surface area contributed by atoms with Crippen molar-refractivity contribution in [2.24, 2.45) is 0 Å². The summed E-state index contributed by atoms with van der Waals surface area (Å²) in [6.07, 6.45) is 43.4. The molecule has 8 nitrogen and oxygen atoms in total. The Morgan fingerprint density at radius 3 is 1.30 bits per heavy atom. The van der Waals surface area contributed by atoms with Crippen LogP contribution in [0.15, 0.2) is 24.3 Å². The summed E-state index contributed by atoms with van der Waals surface area (Å²) in [5, 5.41) is 11.6. The summed E-state index contributed by atoms with van der Waals surface area (Å²) in [4.78, 5) is 36.9. The molecule has 0 aliphatic rings. The fourth-order valence-electron chi connectivity index (χ4n) is 6.88. The van der Waals surface area contributed by atoms with Gasteiger partial charge in [0.2, 0.25) is 0 Å². The van der Waals surface area contributed by atoms with Crippen molar-refractivity contribution in [3.05, 3.63) is 24.3 Å². The molecule has 2 atom stereocenters. The Hall–Kier alpha value is -2.19. The van der Waals surface area contributed by atoms with Crippen LogP contribution in [0.5, 0.6) is 0 Å². The minimum atomic E-state index is -1.13. The van der Waals surface area contributed by atoms with Gasteiger partial charge in [-0.2, -0.15) is 0 Å². The average molecular weight is 792 g/mol. The standard InChI is InChI=1S/C48H89NO7/c1-6-8-10-12-14-16-18-20-21-22-23-24-25-27-29-31-33-35-37-39-47(51)56-44(42-54-41-40-45(48(52)53)49(3,4)5)43-55-46(50)38-36-34-32-30-28-26-19-17-15-13-11-9-7-2/h22-23,26,28,44-45H,6-21,24-25,27,29-43H2,1-5H3/b23-22+,28-26+. The number of allylic oxidation sites excluding steroid dienone is 4. The van der Waals surface area contributed by atoms with E-state index in [0.29, 0.717) is 12.8 Å². The third-order valence-electron chi connectivity index (χ3n) is 10.6. The van der Waals surface area contributed by atoms with Crippen molar-refractivity contribution >= 4 is 17.9 Å². The number of carboxylic acids is 1. The highest BCUT2D eigenvalue weighted by Crippen LogP contribution is 2.14. The number of rotatable bonds is 42. The summed E-state index contributed by atoms with van der Waals surface area (Å²) in [6.45, 7) is 4.65. The van der Waals surface area contributed by atoms with Crippen LogP contribution in [0.1, 0.15) is 213 Å². The molecule has 0 aliphatic carbocycles. The van der Waals surface area contributed by atoms with Crippen molar-refractivity contribution in [2.45, 2.75) is 225 Å². The Morgan fingerprint density at radius 1 is 0.518 bits per heavy atom. The zero-order valence-electron chi connectivity index (χ0n) is 37.3. The number of carbonyl (C=O) groups is 3. The fraction of sp³-hybridized carbons (Fsp3) is 0.854. The lowest BCUT2D eigenvalue weighted by molar-refractivity contribution is -0.889. The topological polar surface area (TPSA) is 102 Å². The molecule has 2 unspecified atom stereocenters. The molecule has 0 spiro atoms. The summed E-state index contributed by atoms with van der Waals surface area (Å²) in [6, 6.07) is -0.726. The van der Waals surface area contributed by atoms with Crippen molar-refractivity contribution in [3.63, 3.8) is 0 Å². The summed E-state index contributed by atoms with van der Waals surface area (Å²) in [5.41, 5.74) is 0. The molecule has 0 radical (unpaired) electrons. The quantitative estimate of drug-likeness (QED) is 0.0262. The highest BCUT2D eigenvalue weighted by atomic mass is 16.6. The molecule has 0 aromatic heterocycles. The molecule has 0 saturated carbocycles. The van der Waals surface area contributed by atoms with Crippen molar-refractivity contribution in [3.8, 4) is 0 Å².